The highest BCUT2D eigenvalue weighted by atomic mass is 127. The van der Waals surface area contributed by atoms with Crippen LogP contribution in [0, 0.1) is 3.57 Å². The highest BCUT2D eigenvalue weighted by molar-refractivity contribution is 14.1. The van der Waals surface area contributed by atoms with E-state index in [0.717, 1.165) is 6.07 Å². The molecule has 0 aromatic heterocycles. The molecule has 0 saturated carbocycles. The largest absolute Gasteiger partial charge is 0.507 e. The van der Waals surface area contributed by atoms with Crippen molar-refractivity contribution < 1.29 is 36.0 Å². The van der Waals surface area contributed by atoms with Crippen LogP contribution >= 0.6 is 22.6 Å². The summed E-state index contributed by atoms with van der Waals surface area (Å²) in [4.78, 5) is 0. The third-order valence-electron chi connectivity index (χ3n) is 1.94. The van der Waals surface area contributed by atoms with Crippen LogP contribution in [0.15, 0.2) is 18.2 Å². The zero-order valence-corrected chi connectivity index (χ0v) is 12.0. The molecule has 1 aromatic carbocycles. The first-order chi connectivity index (χ1) is 8.50. The van der Waals surface area contributed by atoms with Crippen molar-refractivity contribution >= 4 is 32.7 Å². The van der Waals surface area contributed by atoms with Gasteiger partial charge in [0.15, 0.2) is 0 Å². The van der Waals surface area contributed by atoms with Gasteiger partial charge in [-0.3, -0.25) is 4.55 Å². The van der Waals surface area contributed by atoms with Crippen LogP contribution < -0.4 is 4.74 Å². The van der Waals surface area contributed by atoms with E-state index in [1.54, 1.807) is 22.6 Å². The number of ether oxygens (including phenoxy) is 1. The van der Waals surface area contributed by atoms with Crippen molar-refractivity contribution in [3.05, 3.63) is 21.8 Å². The Balaban J connectivity index is 3.05. The number of hydrogen-bond acceptors (Lipinski definition) is 4. The summed E-state index contributed by atoms with van der Waals surface area (Å²) in [5.41, 5.74) is 0. The summed E-state index contributed by atoms with van der Waals surface area (Å²) in [5, 5.41) is 9.31. The molecule has 1 rings (SSSR count). The minimum Gasteiger partial charge on any atom is -0.507 e. The summed E-state index contributed by atoms with van der Waals surface area (Å²) >= 11 is 1.55. The van der Waals surface area contributed by atoms with Crippen LogP contribution in [-0.2, 0) is 10.1 Å². The van der Waals surface area contributed by atoms with E-state index < -0.39 is 28.2 Å². The molecule has 1 unspecified atom stereocenters. The second-order valence-electron chi connectivity index (χ2n) is 3.49. The third kappa shape index (κ3) is 5.03. The lowest BCUT2D eigenvalue weighted by atomic mass is 10.3. The second-order valence-corrected chi connectivity index (χ2v) is 6.06. The smallest absolute Gasteiger partial charge is 0.426 e. The van der Waals surface area contributed by atoms with E-state index in [0.29, 0.717) is 0 Å². The Morgan fingerprint density at radius 3 is 2.42 bits per heavy atom. The Morgan fingerprint density at radius 2 is 1.95 bits per heavy atom. The van der Waals surface area contributed by atoms with E-state index in [-0.39, 0.29) is 15.1 Å². The quantitative estimate of drug-likeness (QED) is 0.586. The maximum Gasteiger partial charge on any atom is 0.426 e. The van der Waals surface area contributed by atoms with Crippen LogP contribution in [0.2, 0.25) is 0 Å². The average Bonchev–Trinajstić information content (AvgIpc) is 2.20. The number of phenols is 1. The maximum absolute atomic E-state index is 12.6. The molecule has 2 N–H and O–H groups in total. The van der Waals surface area contributed by atoms with Gasteiger partial charge in [-0.1, -0.05) is 6.07 Å². The molecule has 0 fully saturated rings. The molecule has 0 bridgehead atoms. The Morgan fingerprint density at radius 1 is 1.37 bits per heavy atom. The van der Waals surface area contributed by atoms with Gasteiger partial charge in [0, 0.05) is 0 Å². The van der Waals surface area contributed by atoms with Crippen LogP contribution in [0.1, 0.15) is 0 Å². The van der Waals surface area contributed by atoms with E-state index in [2.05, 4.69) is 4.74 Å². The van der Waals surface area contributed by atoms with Gasteiger partial charge >= 0.3 is 6.18 Å². The van der Waals surface area contributed by atoms with Gasteiger partial charge in [-0.15, -0.1) is 0 Å². The van der Waals surface area contributed by atoms with Gasteiger partial charge in [0.1, 0.15) is 17.3 Å². The first kappa shape index (κ1) is 16.3. The standard InChI is InChI=1S/C9H8F3IO5S/c10-9(11,12)7(4-19(15,16)17)18-6-3-1-2-5(14)8(6)13/h1-3,7,14H,4H2,(H,15,16,17). The highest BCUT2D eigenvalue weighted by Crippen LogP contribution is 2.32. The number of halogens is 4. The van der Waals surface area contributed by atoms with E-state index in [1.807, 2.05) is 0 Å². The fourth-order valence-corrected chi connectivity index (χ4v) is 2.26. The topological polar surface area (TPSA) is 83.8 Å². The van der Waals surface area contributed by atoms with Crippen molar-refractivity contribution in [3.8, 4) is 11.5 Å². The van der Waals surface area contributed by atoms with Crippen molar-refractivity contribution in [3.63, 3.8) is 0 Å². The zero-order chi connectivity index (χ0) is 14.8. The molecule has 19 heavy (non-hydrogen) atoms. The Bertz CT molecular complexity index is 557. The molecule has 108 valence electrons. The number of benzene rings is 1. The monoisotopic (exact) mass is 412 g/mol. The first-order valence-corrected chi connectivity index (χ1v) is 7.35. The predicted molar refractivity (Wildman–Crippen MR) is 67.7 cm³/mol. The fourth-order valence-electron chi connectivity index (χ4n) is 1.13. The summed E-state index contributed by atoms with van der Waals surface area (Å²) in [6.07, 6.45) is -7.71. The molecule has 0 heterocycles. The van der Waals surface area contributed by atoms with Crippen molar-refractivity contribution in [1.29, 1.82) is 0 Å². The number of alkyl halides is 3. The summed E-state index contributed by atoms with van der Waals surface area (Å²) in [6.45, 7) is 0. The van der Waals surface area contributed by atoms with Crippen LogP contribution in [0.4, 0.5) is 13.2 Å². The van der Waals surface area contributed by atoms with Gasteiger partial charge in [0.25, 0.3) is 10.1 Å². The van der Waals surface area contributed by atoms with Gasteiger partial charge < -0.3 is 9.84 Å². The van der Waals surface area contributed by atoms with E-state index in [9.17, 15) is 26.7 Å². The number of hydrogen-bond donors (Lipinski definition) is 2. The van der Waals surface area contributed by atoms with Crippen molar-refractivity contribution in [2.45, 2.75) is 12.3 Å². The summed E-state index contributed by atoms with van der Waals surface area (Å²) in [6, 6.07) is 3.62. The molecule has 0 spiro atoms. The second kappa shape index (κ2) is 5.71. The van der Waals surface area contributed by atoms with Gasteiger partial charge in [-0.05, 0) is 34.7 Å². The number of phenolic OH excluding ortho intramolecular Hbond substituents is 1. The van der Waals surface area contributed by atoms with Gasteiger partial charge in [-0.2, -0.15) is 21.6 Å². The SMILES string of the molecule is O=S(=O)(O)CC(Oc1cccc(O)c1I)C(F)(F)F. The van der Waals surface area contributed by atoms with Crippen LogP contribution in [0.5, 0.6) is 11.5 Å². The van der Waals surface area contributed by atoms with Crippen molar-refractivity contribution in [1.82, 2.24) is 0 Å². The molecule has 0 saturated heterocycles. The molecular weight excluding hydrogens is 404 g/mol. The third-order valence-corrected chi connectivity index (χ3v) is 3.75. The minimum atomic E-state index is -4.98. The summed E-state index contributed by atoms with van der Waals surface area (Å²) in [5.74, 6) is -2.25. The molecule has 0 radical (unpaired) electrons. The summed E-state index contributed by atoms with van der Waals surface area (Å²) in [7, 11) is -4.86. The molecule has 10 heteroatoms. The van der Waals surface area contributed by atoms with Crippen molar-refractivity contribution in [2.75, 3.05) is 5.75 Å². The Kier molecular flexibility index (Phi) is 4.90. The molecule has 1 atom stereocenters. The highest BCUT2D eigenvalue weighted by Gasteiger charge is 2.44. The number of aromatic hydroxyl groups is 1. The lowest BCUT2D eigenvalue weighted by molar-refractivity contribution is -0.188. The van der Waals surface area contributed by atoms with Gasteiger partial charge in [-0.25, -0.2) is 0 Å². The molecule has 0 aliphatic rings. The molecule has 0 aliphatic carbocycles. The Hall–Kier alpha value is -0.750. The lowest BCUT2D eigenvalue weighted by Gasteiger charge is -2.21. The first-order valence-electron chi connectivity index (χ1n) is 4.66. The Labute approximate surface area is 120 Å². The van der Waals surface area contributed by atoms with E-state index in [1.165, 1.54) is 12.1 Å². The van der Waals surface area contributed by atoms with E-state index in [4.69, 9.17) is 4.55 Å². The predicted octanol–water partition coefficient (Wildman–Crippen LogP) is 2.19. The molecule has 1 aromatic rings. The minimum absolute atomic E-state index is 0.00434. The van der Waals surface area contributed by atoms with Crippen molar-refractivity contribution in [2.24, 2.45) is 0 Å². The van der Waals surface area contributed by atoms with Gasteiger partial charge in [0.2, 0.25) is 6.10 Å². The molecule has 0 amide bonds. The number of rotatable bonds is 4. The van der Waals surface area contributed by atoms with Crippen LogP contribution in [0.3, 0.4) is 0 Å². The zero-order valence-electron chi connectivity index (χ0n) is 9.06. The fraction of sp³-hybridized carbons (Fsp3) is 0.333. The molecular formula is C9H8F3IO5S. The summed E-state index contributed by atoms with van der Waals surface area (Å²) < 4.78 is 72.0. The van der Waals surface area contributed by atoms with E-state index >= 15 is 0 Å². The van der Waals surface area contributed by atoms with Crippen LogP contribution in [-0.4, -0.2) is 36.1 Å². The lowest BCUT2D eigenvalue weighted by Crippen LogP contribution is -2.40. The van der Waals surface area contributed by atoms with Crippen LogP contribution in [0.25, 0.3) is 0 Å². The van der Waals surface area contributed by atoms with Gasteiger partial charge in [0.05, 0.1) is 3.57 Å². The average molecular weight is 412 g/mol. The molecule has 0 aliphatic heterocycles. The maximum atomic E-state index is 12.6. The molecule has 5 nitrogen and oxygen atoms in total. The normalized spacial score (nSPS) is 14.2.